The van der Waals surface area contributed by atoms with E-state index in [4.69, 9.17) is 0 Å². The van der Waals surface area contributed by atoms with Gasteiger partial charge in [-0.05, 0) is 13.0 Å². The van der Waals surface area contributed by atoms with E-state index in [0.717, 1.165) is 31.9 Å². The van der Waals surface area contributed by atoms with Gasteiger partial charge in [0.15, 0.2) is 0 Å². The van der Waals surface area contributed by atoms with Gasteiger partial charge in [-0.15, -0.1) is 0 Å². The minimum absolute atomic E-state index is 0.0569. The van der Waals surface area contributed by atoms with Crippen molar-refractivity contribution in [3.05, 3.63) is 18.5 Å². The lowest BCUT2D eigenvalue weighted by Gasteiger charge is -2.31. The molecule has 1 saturated heterocycles. The van der Waals surface area contributed by atoms with Crippen LogP contribution in [0.25, 0.3) is 0 Å². The molecule has 0 spiro atoms. The Morgan fingerprint density at radius 2 is 2.25 bits per heavy atom. The van der Waals surface area contributed by atoms with E-state index in [0.29, 0.717) is 0 Å². The summed E-state index contributed by atoms with van der Waals surface area (Å²) in [6.45, 7) is 5.74. The number of nitrogens with zero attached hydrogens (tertiary/aromatic N) is 1. The van der Waals surface area contributed by atoms with Crippen molar-refractivity contribution >= 4 is 11.6 Å². The third-order valence-electron chi connectivity index (χ3n) is 2.94. The van der Waals surface area contributed by atoms with E-state index in [2.05, 4.69) is 20.5 Å². The average molecular weight is 222 g/mol. The van der Waals surface area contributed by atoms with Crippen LogP contribution in [0.2, 0.25) is 0 Å². The van der Waals surface area contributed by atoms with Crippen LogP contribution >= 0.6 is 0 Å². The van der Waals surface area contributed by atoms with Crippen molar-refractivity contribution in [3.8, 4) is 0 Å². The second-order valence-electron chi connectivity index (χ2n) is 4.05. The zero-order valence-corrected chi connectivity index (χ0v) is 9.49. The average Bonchev–Trinajstić information content (AvgIpc) is 2.82. The number of piperazine rings is 1. The molecule has 2 rings (SSSR count). The van der Waals surface area contributed by atoms with Gasteiger partial charge in [-0.3, -0.25) is 9.69 Å². The zero-order chi connectivity index (χ0) is 11.4. The predicted octanol–water partition coefficient (Wildman–Crippen LogP) is 0.247. The minimum Gasteiger partial charge on any atom is -0.366 e. The van der Waals surface area contributed by atoms with Gasteiger partial charge in [-0.1, -0.05) is 0 Å². The van der Waals surface area contributed by atoms with Gasteiger partial charge < -0.3 is 15.6 Å². The van der Waals surface area contributed by atoms with Crippen LogP contribution in [0.4, 0.5) is 5.69 Å². The number of amides is 1. The molecule has 1 atom stereocenters. The highest BCUT2D eigenvalue weighted by molar-refractivity contribution is 5.94. The van der Waals surface area contributed by atoms with Gasteiger partial charge >= 0.3 is 0 Å². The number of aromatic amines is 1. The summed E-state index contributed by atoms with van der Waals surface area (Å²) in [7, 11) is 0. The Labute approximate surface area is 95.2 Å². The van der Waals surface area contributed by atoms with Crippen molar-refractivity contribution in [1.29, 1.82) is 0 Å². The maximum absolute atomic E-state index is 11.9. The van der Waals surface area contributed by atoms with Crippen LogP contribution in [0, 0.1) is 0 Å². The summed E-state index contributed by atoms with van der Waals surface area (Å²) in [5.41, 5.74) is 0.826. The number of rotatable bonds is 3. The third-order valence-corrected chi connectivity index (χ3v) is 2.94. The van der Waals surface area contributed by atoms with Crippen molar-refractivity contribution in [2.75, 3.05) is 31.5 Å². The van der Waals surface area contributed by atoms with Gasteiger partial charge in [-0.2, -0.15) is 0 Å². The number of carbonyl (C=O) groups is 1. The lowest BCUT2D eigenvalue weighted by atomic mass is 10.2. The summed E-state index contributed by atoms with van der Waals surface area (Å²) < 4.78 is 0. The lowest BCUT2D eigenvalue weighted by Crippen LogP contribution is -2.51. The lowest BCUT2D eigenvalue weighted by molar-refractivity contribution is -0.120. The summed E-state index contributed by atoms with van der Waals surface area (Å²) in [5.74, 6) is 0.0569. The zero-order valence-electron chi connectivity index (χ0n) is 9.49. The molecule has 0 radical (unpaired) electrons. The maximum Gasteiger partial charge on any atom is 0.241 e. The fourth-order valence-electron chi connectivity index (χ4n) is 1.88. The monoisotopic (exact) mass is 222 g/mol. The van der Waals surface area contributed by atoms with Crippen molar-refractivity contribution in [2.45, 2.75) is 13.0 Å². The van der Waals surface area contributed by atoms with Crippen LogP contribution < -0.4 is 10.6 Å². The highest BCUT2D eigenvalue weighted by Crippen LogP contribution is 2.07. The Hall–Kier alpha value is -1.33. The van der Waals surface area contributed by atoms with Crippen molar-refractivity contribution in [2.24, 2.45) is 0 Å². The summed E-state index contributed by atoms with van der Waals surface area (Å²) in [6.07, 6.45) is 3.58. The summed E-state index contributed by atoms with van der Waals surface area (Å²) >= 11 is 0. The molecule has 1 amide bonds. The van der Waals surface area contributed by atoms with Crippen LogP contribution in [0.1, 0.15) is 6.92 Å². The number of hydrogen-bond donors (Lipinski definition) is 3. The second kappa shape index (κ2) is 5.14. The van der Waals surface area contributed by atoms with Crippen LogP contribution in [0.5, 0.6) is 0 Å². The summed E-state index contributed by atoms with van der Waals surface area (Å²) in [5, 5.41) is 6.16. The molecule has 1 unspecified atom stereocenters. The van der Waals surface area contributed by atoms with Gasteiger partial charge in [0.05, 0.1) is 11.7 Å². The smallest absolute Gasteiger partial charge is 0.241 e. The quantitative estimate of drug-likeness (QED) is 0.687. The second-order valence-corrected chi connectivity index (χ2v) is 4.05. The fourth-order valence-corrected chi connectivity index (χ4v) is 1.88. The highest BCUT2D eigenvalue weighted by atomic mass is 16.2. The van der Waals surface area contributed by atoms with Crippen molar-refractivity contribution in [3.63, 3.8) is 0 Å². The van der Waals surface area contributed by atoms with E-state index in [1.807, 2.05) is 13.0 Å². The van der Waals surface area contributed by atoms with Crippen LogP contribution in [-0.4, -0.2) is 48.0 Å². The Morgan fingerprint density at radius 1 is 1.50 bits per heavy atom. The van der Waals surface area contributed by atoms with Crippen molar-refractivity contribution in [1.82, 2.24) is 15.2 Å². The van der Waals surface area contributed by atoms with Gasteiger partial charge in [0.1, 0.15) is 0 Å². The van der Waals surface area contributed by atoms with E-state index in [1.54, 1.807) is 12.4 Å². The number of carbonyl (C=O) groups excluding carboxylic acids is 1. The van der Waals surface area contributed by atoms with Crippen LogP contribution in [0.15, 0.2) is 18.5 Å². The van der Waals surface area contributed by atoms with Gasteiger partial charge in [-0.25, -0.2) is 0 Å². The maximum atomic E-state index is 11.9. The first-order chi connectivity index (χ1) is 7.77. The van der Waals surface area contributed by atoms with Crippen LogP contribution in [-0.2, 0) is 4.79 Å². The van der Waals surface area contributed by atoms with Crippen LogP contribution in [0.3, 0.4) is 0 Å². The molecule has 0 aliphatic carbocycles. The summed E-state index contributed by atoms with van der Waals surface area (Å²) in [6, 6.07) is 1.78. The Balaban J connectivity index is 1.88. The Morgan fingerprint density at radius 3 is 2.88 bits per heavy atom. The van der Waals surface area contributed by atoms with E-state index in [1.165, 1.54) is 0 Å². The molecule has 1 aliphatic rings. The van der Waals surface area contributed by atoms with E-state index in [-0.39, 0.29) is 11.9 Å². The molecular formula is C11H18N4O. The van der Waals surface area contributed by atoms with Crippen molar-refractivity contribution < 1.29 is 4.79 Å². The van der Waals surface area contributed by atoms with Gasteiger partial charge in [0.2, 0.25) is 5.91 Å². The molecule has 0 saturated carbocycles. The molecule has 5 heteroatoms. The van der Waals surface area contributed by atoms with Gasteiger partial charge in [0.25, 0.3) is 0 Å². The molecule has 1 fully saturated rings. The molecular weight excluding hydrogens is 204 g/mol. The first kappa shape index (κ1) is 11.2. The number of H-pyrrole nitrogens is 1. The molecule has 3 N–H and O–H groups in total. The minimum atomic E-state index is -0.0722. The highest BCUT2D eigenvalue weighted by Gasteiger charge is 2.22. The fraction of sp³-hybridized carbons (Fsp3) is 0.545. The van der Waals surface area contributed by atoms with E-state index in [9.17, 15) is 4.79 Å². The SMILES string of the molecule is CC(C(=O)Nc1cc[nH]c1)N1CCNCC1. The molecule has 5 nitrogen and oxygen atoms in total. The van der Waals surface area contributed by atoms with E-state index < -0.39 is 0 Å². The topological polar surface area (TPSA) is 60.2 Å². The molecule has 1 aliphatic heterocycles. The molecule has 1 aromatic rings. The number of hydrogen-bond acceptors (Lipinski definition) is 3. The molecule has 2 heterocycles. The molecule has 0 bridgehead atoms. The van der Waals surface area contributed by atoms with E-state index >= 15 is 0 Å². The molecule has 16 heavy (non-hydrogen) atoms. The number of anilines is 1. The standard InChI is InChI=1S/C11H18N4O/c1-9(15-6-4-12-5-7-15)11(16)14-10-2-3-13-8-10/h2-3,8-9,12-13H,4-7H2,1H3,(H,14,16). The summed E-state index contributed by atoms with van der Waals surface area (Å²) in [4.78, 5) is 17.0. The largest absolute Gasteiger partial charge is 0.366 e. The third kappa shape index (κ3) is 2.62. The first-order valence-corrected chi connectivity index (χ1v) is 5.66. The molecule has 88 valence electrons. The van der Waals surface area contributed by atoms with Gasteiger partial charge in [0, 0.05) is 38.6 Å². The first-order valence-electron chi connectivity index (χ1n) is 5.66. The Kier molecular flexibility index (Phi) is 3.58. The Bertz CT molecular complexity index is 330. The number of aromatic nitrogens is 1. The number of nitrogens with one attached hydrogen (secondary N) is 3. The predicted molar refractivity (Wildman–Crippen MR) is 63.3 cm³/mol. The molecule has 1 aromatic heterocycles. The normalized spacial score (nSPS) is 19.3. The molecule has 0 aromatic carbocycles.